The molecule has 0 fully saturated rings. The van der Waals surface area contributed by atoms with Crippen LogP contribution < -0.4 is 10.1 Å². The quantitative estimate of drug-likeness (QED) is 0.505. The van der Waals surface area contributed by atoms with E-state index < -0.39 is 0 Å². The summed E-state index contributed by atoms with van der Waals surface area (Å²) in [6.07, 6.45) is 2.48. The van der Waals surface area contributed by atoms with E-state index in [1.807, 2.05) is 65.2 Å². The predicted molar refractivity (Wildman–Crippen MR) is 111 cm³/mol. The molecule has 0 spiro atoms. The van der Waals surface area contributed by atoms with Gasteiger partial charge in [0, 0.05) is 24.2 Å². The van der Waals surface area contributed by atoms with Crippen molar-refractivity contribution in [2.24, 2.45) is 0 Å². The number of benzene rings is 2. The molecule has 0 atom stereocenters. The van der Waals surface area contributed by atoms with Crippen LogP contribution in [-0.2, 0) is 13.0 Å². The number of amides is 1. The third kappa shape index (κ3) is 4.55. The van der Waals surface area contributed by atoms with E-state index in [0.717, 1.165) is 17.0 Å². The monoisotopic (exact) mass is 406 g/mol. The number of hydrogen-bond donors (Lipinski definition) is 1. The van der Waals surface area contributed by atoms with Gasteiger partial charge in [-0.15, -0.1) is 10.2 Å². The predicted octanol–water partition coefficient (Wildman–Crippen LogP) is 3.93. The Morgan fingerprint density at radius 2 is 1.79 bits per heavy atom. The van der Waals surface area contributed by atoms with Gasteiger partial charge >= 0.3 is 0 Å². The Morgan fingerprint density at radius 1 is 1.00 bits per heavy atom. The number of nitrogens with zero attached hydrogens (tertiary/aromatic N) is 3. The van der Waals surface area contributed by atoms with Gasteiger partial charge in [0.2, 0.25) is 0 Å². The van der Waals surface area contributed by atoms with Gasteiger partial charge in [-0.2, -0.15) is 0 Å². The molecule has 0 radical (unpaired) electrons. The molecule has 4 rings (SSSR count). The largest absolute Gasteiger partial charge is 0.488 e. The molecule has 7 heteroatoms. The van der Waals surface area contributed by atoms with E-state index in [1.54, 1.807) is 12.1 Å². The molecule has 0 aliphatic heterocycles. The molecular formula is C22H19ClN4O2. The highest BCUT2D eigenvalue weighted by atomic mass is 35.5. The number of pyridine rings is 1. The minimum atomic E-state index is -0.189. The van der Waals surface area contributed by atoms with Crippen molar-refractivity contribution in [2.75, 3.05) is 6.54 Å². The summed E-state index contributed by atoms with van der Waals surface area (Å²) in [7, 11) is 0. The summed E-state index contributed by atoms with van der Waals surface area (Å²) in [5.41, 5.74) is 2.26. The molecule has 146 valence electrons. The van der Waals surface area contributed by atoms with Gasteiger partial charge in [-0.25, -0.2) is 0 Å². The van der Waals surface area contributed by atoms with Crippen molar-refractivity contribution in [2.45, 2.75) is 13.0 Å². The van der Waals surface area contributed by atoms with E-state index in [9.17, 15) is 4.79 Å². The van der Waals surface area contributed by atoms with E-state index in [0.29, 0.717) is 35.9 Å². The van der Waals surface area contributed by atoms with Crippen molar-refractivity contribution < 1.29 is 9.53 Å². The molecule has 0 aliphatic rings. The molecule has 0 bridgehead atoms. The van der Waals surface area contributed by atoms with Gasteiger partial charge in [0.1, 0.15) is 18.2 Å². The van der Waals surface area contributed by atoms with E-state index in [2.05, 4.69) is 15.5 Å². The van der Waals surface area contributed by atoms with Crippen molar-refractivity contribution in [3.05, 3.63) is 94.9 Å². The fourth-order valence-electron chi connectivity index (χ4n) is 2.97. The lowest BCUT2D eigenvalue weighted by Crippen LogP contribution is -2.26. The highest BCUT2D eigenvalue weighted by Gasteiger charge is 2.13. The van der Waals surface area contributed by atoms with Gasteiger partial charge in [0.15, 0.2) is 5.65 Å². The fraction of sp³-hybridized carbons (Fsp3) is 0.136. The Morgan fingerprint density at radius 3 is 2.66 bits per heavy atom. The number of carbonyl (C=O) groups excluding carboxylic acids is 1. The number of ether oxygens (including phenoxy) is 1. The van der Waals surface area contributed by atoms with Crippen LogP contribution in [0.3, 0.4) is 0 Å². The summed E-state index contributed by atoms with van der Waals surface area (Å²) in [5, 5.41) is 11.9. The molecule has 1 amide bonds. The van der Waals surface area contributed by atoms with Crippen molar-refractivity contribution in [3.8, 4) is 5.75 Å². The van der Waals surface area contributed by atoms with Crippen LogP contribution in [0.4, 0.5) is 0 Å². The molecule has 0 saturated carbocycles. The number of hydrogen-bond acceptors (Lipinski definition) is 4. The summed E-state index contributed by atoms with van der Waals surface area (Å²) in [5.74, 6) is 1.14. The Labute approximate surface area is 173 Å². The normalized spacial score (nSPS) is 10.8. The molecule has 0 aliphatic carbocycles. The Kier molecular flexibility index (Phi) is 5.72. The van der Waals surface area contributed by atoms with E-state index >= 15 is 0 Å². The number of nitrogens with one attached hydrogen (secondary N) is 1. The lowest BCUT2D eigenvalue weighted by molar-refractivity contribution is 0.0949. The zero-order chi connectivity index (χ0) is 20.1. The van der Waals surface area contributed by atoms with Gasteiger partial charge in [-0.05, 0) is 42.0 Å². The average molecular weight is 407 g/mol. The summed E-state index contributed by atoms with van der Waals surface area (Å²) in [6.45, 7) is 0.799. The molecule has 1 N–H and O–H groups in total. The summed E-state index contributed by atoms with van der Waals surface area (Å²) < 4.78 is 7.78. The highest BCUT2D eigenvalue weighted by Crippen LogP contribution is 2.20. The van der Waals surface area contributed by atoms with Crippen LogP contribution in [0.2, 0.25) is 5.02 Å². The number of rotatable bonds is 7. The van der Waals surface area contributed by atoms with Gasteiger partial charge in [-0.3, -0.25) is 9.20 Å². The second-order valence-corrected chi connectivity index (χ2v) is 6.90. The van der Waals surface area contributed by atoms with Gasteiger partial charge in [-0.1, -0.05) is 41.9 Å². The van der Waals surface area contributed by atoms with Crippen LogP contribution in [0.25, 0.3) is 5.65 Å². The molecule has 4 aromatic rings. The number of fused-ring (bicyclic) bond motifs is 1. The molecule has 2 heterocycles. The first-order valence-corrected chi connectivity index (χ1v) is 9.61. The molecule has 29 heavy (non-hydrogen) atoms. The SMILES string of the molecule is O=C(NCCc1nnc2ccccn12)c1ccccc1OCc1ccc(Cl)cc1. The van der Waals surface area contributed by atoms with E-state index in [1.165, 1.54) is 0 Å². The van der Waals surface area contributed by atoms with Crippen molar-refractivity contribution in [1.29, 1.82) is 0 Å². The summed E-state index contributed by atoms with van der Waals surface area (Å²) in [4.78, 5) is 12.7. The fourth-order valence-corrected chi connectivity index (χ4v) is 3.09. The zero-order valence-corrected chi connectivity index (χ0v) is 16.3. The third-order valence-corrected chi connectivity index (χ3v) is 4.71. The Hall–Kier alpha value is -3.38. The molecule has 6 nitrogen and oxygen atoms in total. The minimum Gasteiger partial charge on any atom is -0.488 e. The van der Waals surface area contributed by atoms with Crippen molar-refractivity contribution in [1.82, 2.24) is 19.9 Å². The van der Waals surface area contributed by atoms with Crippen LogP contribution in [-0.4, -0.2) is 27.0 Å². The van der Waals surface area contributed by atoms with Gasteiger partial charge in [0.25, 0.3) is 5.91 Å². The maximum Gasteiger partial charge on any atom is 0.255 e. The maximum atomic E-state index is 12.7. The van der Waals surface area contributed by atoms with Gasteiger partial charge in [0.05, 0.1) is 5.56 Å². The number of para-hydroxylation sites is 1. The van der Waals surface area contributed by atoms with E-state index in [4.69, 9.17) is 16.3 Å². The van der Waals surface area contributed by atoms with Crippen LogP contribution in [0.15, 0.2) is 72.9 Å². The molecule has 2 aromatic carbocycles. The van der Waals surface area contributed by atoms with Crippen molar-refractivity contribution >= 4 is 23.2 Å². The van der Waals surface area contributed by atoms with Crippen molar-refractivity contribution in [3.63, 3.8) is 0 Å². The standard InChI is InChI=1S/C22H19ClN4O2/c23-17-10-8-16(9-11-17)15-29-19-6-2-1-5-18(19)22(28)24-13-12-21-26-25-20-7-3-4-14-27(20)21/h1-11,14H,12-13,15H2,(H,24,28). The minimum absolute atomic E-state index is 0.189. The molecule has 2 aromatic heterocycles. The average Bonchev–Trinajstić information content (AvgIpc) is 3.17. The second-order valence-electron chi connectivity index (χ2n) is 6.46. The van der Waals surface area contributed by atoms with Crippen LogP contribution in [0.5, 0.6) is 5.75 Å². The Bertz CT molecular complexity index is 1130. The maximum absolute atomic E-state index is 12.7. The van der Waals surface area contributed by atoms with Crippen LogP contribution >= 0.6 is 11.6 Å². The lowest BCUT2D eigenvalue weighted by atomic mass is 10.2. The number of halogens is 1. The topological polar surface area (TPSA) is 68.5 Å². The lowest BCUT2D eigenvalue weighted by Gasteiger charge is -2.12. The first-order valence-electron chi connectivity index (χ1n) is 9.24. The number of carbonyl (C=O) groups is 1. The van der Waals surface area contributed by atoms with Crippen LogP contribution in [0.1, 0.15) is 21.7 Å². The first-order chi connectivity index (χ1) is 14.2. The zero-order valence-electron chi connectivity index (χ0n) is 15.6. The third-order valence-electron chi connectivity index (χ3n) is 4.46. The highest BCUT2D eigenvalue weighted by molar-refractivity contribution is 6.30. The number of aromatic nitrogens is 3. The smallest absolute Gasteiger partial charge is 0.255 e. The van der Waals surface area contributed by atoms with Gasteiger partial charge < -0.3 is 10.1 Å². The Balaban J connectivity index is 1.37. The summed E-state index contributed by atoms with van der Waals surface area (Å²) in [6, 6.07) is 20.3. The molecule has 0 saturated heterocycles. The second kappa shape index (κ2) is 8.75. The van der Waals surface area contributed by atoms with Crippen LogP contribution in [0, 0.1) is 0 Å². The first kappa shape index (κ1) is 19.0. The summed E-state index contributed by atoms with van der Waals surface area (Å²) >= 11 is 5.91. The molecule has 0 unspecified atom stereocenters. The molecular weight excluding hydrogens is 388 g/mol. The van der Waals surface area contributed by atoms with E-state index in [-0.39, 0.29) is 5.91 Å².